The molecule has 3 nitrogen and oxygen atoms in total. The van der Waals surface area contributed by atoms with Gasteiger partial charge >= 0.3 is 0 Å². The third-order valence-electron chi connectivity index (χ3n) is 7.87. The Morgan fingerprint density at radius 1 is 0.476 bits per heavy atom. The van der Waals surface area contributed by atoms with Crippen LogP contribution in [-0.2, 0) is 0 Å². The molecule has 0 aliphatic carbocycles. The SMILES string of the molecule is c1ccc(-c2nc3cc4sc5ccc(N(c6ccccc6)c6ccc7sc8ccccc8c7c6)cc5c4cc3o2)cc1. The van der Waals surface area contributed by atoms with Gasteiger partial charge < -0.3 is 9.32 Å². The molecule has 0 amide bonds. The van der Waals surface area contributed by atoms with Crippen molar-refractivity contribution >= 4 is 91.2 Å². The summed E-state index contributed by atoms with van der Waals surface area (Å²) in [6, 6.07) is 47.3. The van der Waals surface area contributed by atoms with Gasteiger partial charge in [0.05, 0.1) is 0 Å². The molecule has 0 aliphatic heterocycles. The van der Waals surface area contributed by atoms with Gasteiger partial charge in [-0.2, -0.15) is 0 Å². The van der Waals surface area contributed by atoms with Gasteiger partial charge in [0.15, 0.2) is 5.58 Å². The molecule has 5 heteroatoms. The fourth-order valence-electron chi connectivity index (χ4n) is 5.91. The Morgan fingerprint density at radius 2 is 1.07 bits per heavy atom. The Hall–Kier alpha value is -4.97. The molecule has 9 rings (SSSR count). The van der Waals surface area contributed by atoms with Crippen LogP contribution in [0.2, 0.25) is 0 Å². The Labute approximate surface area is 249 Å². The molecular weight excluding hydrogens is 553 g/mol. The van der Waals surface area contributed by atoms with Crippen LogP contribution in [0.1, 0.15) is 0 Å². The fraction of sp³-hybridized carbons (Fsp3) is 0. The van der Waals surface area contributed by atoms with E-state index < -0.39 is 0 Å². The predicted octanol–water partition coefficient (Wildman–Crippen LogP) is 11.7. The van der Waals surface area contributed by atoms with E-state index in [0.29, 0.717) is 5.89 Å². The van der Waals surface area contributed by atoms with Crippen molar-refractivity contribution in [3.05, 3.63) is 133 Å². The lowest BCUT2D eigenvalue weighted by Gasteiger charge is -2.25. The normalized spacial score (nSPS) is 11.8. The summed E-state index contributed by atoms with van der Waals surface area (Å²) in [5.74, 6) is 0.653. The summed E-state index contributed by atoms with van der Waals surface area (Å²) < 4.78 is 11.3. The molecule has 0 N–H and O–H groups in total. The van der Waals surface area contributed by atoms with Gasteiger partial charge in [-0.25, -0.2) is 4.98 Å². The topological polar surface area (TPSA) is 29.3 Å². The molecular formula is C37H22N2OS2. The highest BCUT2D eigenvalue weighted by Gasteiger charge is 2.17. The third kappa shape index (κ3) is 3.75. The first-order valence-electron chi connectivity index (χ1n) is 13.9. The standard InChI is InChI=1S/C37H22N2OS2/c1-3-9-23(10-4-1)37-38-31-22-36-30(21-32(31)40-37)29-20-26(16-18-35(29)42-36)39(24-11-5-2-6-12-24)25-15-17-34-28(19-25)27-13-7-8-14-33(27)41-34/h1-22H. The van der Waals surface area contributed by atoms with E-state index in [1.165, 1.54) is 40.3 Å². The first-order valence-corrected chi connectivity index (χ1v) is 15.5. The lowest BCUT2D eigenvalue weighted by atomic mass is 10.1. The maximum absolute atomic E-state index is 6.25. The minimum Gasteiger partial charge on any atom is -0.436 e. The number of oxazole rings is 1. The number of hydrogen-bond donors (Lipinski definition) is 0. The maximum Gasteiger partial charge on any atom is 0.227 e. The highest BCUT2D eigenvalue weighted by atomic mass is 32.1. The van der Waals surface area contributed by atoms with Crippen LogP contribution >= 0.6 is 22.7 Å². The van der Waals surface area contributed by atoms with Crippen molar-refractivity contribution in [2.45, 2.75) is 0 Å². The number of rotatable bonds is 4. The van der Waals surface area contributed by atoms with Crippen LogP contribution in [0.3, 0.4) is 0 Å². The van der Waals surface area contributed by atoms with Crippen molar-refractivity contribution < 1.29 is 4.42 Å². The number of anilines is 3. The van der Waals surface area contributed by atoms with E-state index in [2.05, 4.69) is 108 Å². The highest BCUT2D eigenvalue weighted by molar-refractivity contribution is 7.26. The van der Waals surface area contributed by atoms with Gasteiger partial charge in [-0.1, -0.05) is 54.6 Å². The summed E-state index contributed by atoms with van der Waals surface area (Å²) in [5.41, 5.74) is 6.06. The Balaban J connectivity index is 1.23. The molecule has 0 spiro atoms. The average molecular weight is 575 g/mol. The second-order valence-electron chi connectivity index (χ2n) is 10.4. The van der Waals surface area contributed by atoms with Gasteiger partial charge in [0.2, 0.25) is 5.89 Å². The summed E-state index contributed by atoms with van der Waals surface area (Å²) in [7, 11) is 0. The smallest absolute Gasteiger partial charge is 0.227 e. The van der Waals surface area contributed by atoms with Crippen molar-refractivity contribution in [1.82, 2.24) is 4.98 Å². The van der Waals surface area contributed by atoms with Crippen molar-refractivity contribution in [1.29, 1.82) is 0 Å². The summed E-state index contributed by atoms with van der Waals surface area (Å²) in [4.78, 5) is 7.16. The summed E-state index contributed by atoms with van der Waals surface area (Å²) in [5, 5.41) is 5.00. The number of para-hydroxylation sites is 1. The zero-order valence-electron chi connectivity index (χ0n) is 22.3. The van der Waals surface area contributed by atoms with Gasteiger partial charge in [-0.3, -0.25) is 0 Å². The van der Waals surface area contributed by atoms with Crippen molar-refractivity contribution in [3.63, 3.8) is 0 Å². The van der Waals surface area contributed by atoms with E-state index in [9.17, 15) is 0 Å². The summed E-state index contributed by atoms with van der Waals surface area (Å²) in [6.45, 7) is 0. The monoisotopic (exact) mass is 574 g/mol. The molecule has 42 heavy (non-hydrogen) atoms. The van der Waals surface area contributed by atoms with Gasteiger partial charge in [0.1, 0.15) is 5.52 Å². The second kappa shape index (κ2) is 9.28. The van der Waals surface area contributed by atoms with Gasteiger partial charge in [-0.05, 0) is 78.9 Å². The Bertz CT molecular complexity index is 2420. The van der Waals surface area contributed by atoms with E-state index in [1.54, 1.807) is 11.3 Å². The van der Waals surface area contributed by atoms with E-state index in [-0.39, 0.29) is 0 Å². The van der Waals surface area contributed by atoms with Crippen molar-refractivity contribution in [2.75, 3.05) is 4.90 Å². The number of thiophene rings is 2. The molecule has 0 unspecified atom stereocenters. The van der Waals surface area contributed by atoms with Gasteiger partial charge in [0.25, 0.3) is 0 Å². The Kier molecular flexibility index (Phi) is 5.24. The van der Waals surface area contributed by atoms with Crippen LogP contribution in [-0.4, -0.2) is 4.98 Å². The first kappa shape index (κ1) is 23.7. The lowest BCUT2D eigenvalue weighted by Crippen LogP contribution is -2.09. The van der Waals surface area contributed by atoms with Crippen LogP contribution in [0.4, 0.5) is 17.1 Å². The number of aromatic nitrogens is 1. The molecule has 0 saturated heterocycles. The molecule has 0 bridgehead atoms. The largest absolute Gasteiger partial charge is 0.436 e. The zero-order chi connectivity index (χ0) is 27.6. The van der Waals surface area contributed by atoms with Crippen LogP contribution in [0.5, 0.6) is 0 Å². The predicted molar refractivity (Wildman–Crippen MR) is 180 cm³/mol. The van der Waals surface area contributed by atoms with E-state index in [1.807, 2.05) is 41.7 Å². The Morgan fingerprint density at radius 3 is 1.83 bits per heavy atom. The van der Waals surface area contributed by atoms with Gasteiger partial charge in [-0.15, -0.1) is 22.7 Å². The lowest BCUT2D eigenvalue weighted by molar-refractivity contribution is 0.620. The number of nitrogens with zero attached hydrogens (tertiary/aromatic N) is 2. The molecule has 9 aromatic rings. The van der Waals surface area contributed by atoms with Crippen LogP contribution in [0, 0.1) is 0 Å². The molecule has 3 aromatic heterocycles. The van der Waals surface area contributed by atoms with Crippen LogP contribution in [0.15, 0.2) is 138 Å². The fourth-order valence-corrected chi connectivity index (χ4v) is 8.09. The molecule has 0 fully saturated rings. The maximum atomic E-state index is 6.25. The second-order valence-corrected chi connectivity index (χ2v) is 12.6. The molecule has 0 radical (unpaired) electrons. The zero-order valence-corrected chi connectivity index (χ0v) is 24.0. The van der Waals surface area contributed by atoms with Crippen LogP contribution in [0.25, 0.3) is 62.9 Å². The average Bonchev–Trinajstić information content (AvgIpc) is 3.73. The number of benzene rings is 6. The minimum absolute atomic E-state index is 0.653. The van der Waals surface area contributed by atoms with E-state index in [4.69, 9.17) is 9.40 Å². The molecule has 0 atom stereocenters. The molecule has 3 heterocycles. The molecule has 0 aliphatic rings. The van der Waals surface area contributed by atoms with E-state index >= 15 is 0 Å². The molecule has 0 saturated carbocycles. The summed E-state index contributed by atoms with van der Waals surface area (Å²) in [6.07, 6.45) is 0. The first-order chi connectivity index (χ1) is 20.8. The van der Waals surface area contributed by atoms with Crippen molar-refractivity contribution in [3.8, 4) is 11.5 Å². The number of fused-ring (bicyclic) bond motifs is 7. The van der Waals surface area contributed by atoms with Gasteiger partial charge in [0, 0.05) is 63.0 Å². The quantitative estimate of drug-likeness (QED) is 0.209. The molecule has 198 valence electrons. The van der Waals surface area contributed by atoms with E-state index in [0.717, 1.165) is 33.7 Å². The van der Waals surface area contributed by atoms with Crippen molar-refractivity contribution in [2.24, 2.45) is 0 Å². The number of hydrogen-bond acceptors (Lipinski definition) is 5. The molecule has 6 aromatic carbocycles. The third-order valence-corrected chi connectivity index (χ3v) is 10.2. The highest BCUT2D eigenvalue weighted by Crippen LogP contribution is 2.44. The minimum atomic E-state index is 0.653. The van der Waals surface area contributed by atoms with Crippen LogP contribution < -0.4 is 4.90 Å². The summed E-state index contributed by atoms with van der Waals surface area (Å²) >= 11 is 3.65.